The number of hydrogen-bond acceptors (Lipinski definition) is 4. The molecule has 1 aromatic carbocycles. The van der Waals surface area contributed by atoms with Crippen molar-refractivity contribution in [2.45, 2.75) is 30.4 Å². The first-order valence-electron chi connectivity index (χ1n) is 5.47. The lowest BCUT2D eigenvalue weighted by atomic mass is 10.2. The lowest BCUT2D eigenvalue weighted by Gasteiger charge is -2.17. The molecule has 0 radical (unpaired) electrons. The summed E-state index contributed by atoms with van der Waals surface area (Å²) in [6, 6.07) is 4.64. The minimum absolute atomic E-state index is 0.230. The van der Waals surface area contributed by atoms with Crippen molar-refractivity contribution in [3.05, 3.63) is 28.2 Å². The van der Waals surface area contributed by atoms with Crippen LogP contribution in [0.3, 0.4) is 0 Å². The molecule has 0 saturated heterocycles. The van der Waals surface area contributed by atoms with Crippen molar-refractivity contribution in [3.63, 3.8) is 0 Å². The highest BCUT2D eigenvalue weighted by Crippen LogP contribution is 2.22. The second-order valence-corrected chi connectivity index (χ2v) is 9.86. The Labute approximate surface area is 125 Å². The van der Waals surface area contributed by atoms with Gasteiger partial charge in [0.15, 0.2) is 9.84 Å². The van der Waals surface area contributed by atoms with Gasteiger partial charge in [0.05, 0.1) is 11.1 Å². The van der Waals surface area contributed by atoms with E-state index in [1.54, 1.807) is 6.07 Å². The van der Waals surface area contributed by atoms with Crippen LogP contribution in [-0.2, 0) is 21.2 Å². The van der Waals surface area contributed by atoms with Crippen molar-refractivity contribution in [3.8, 4) is 0 Å². The molecule has 0 aliphatic rings. The van der Waals surface area contributed by atoms with Gasteiger partial charge in [0, 0.05) is 16.3 Å². The van der Waals surface area contributed by atoms with Crippen molar-refractivity contribution in [1.82, 2.24) is 0 Å². The lowest BCUT2D eigenvalue weighted by Crippen LogP contribution is -2.25. The van der Waals surface area contributed by atoms with Gasteiger partial charge in [-0.15, -0.1) is 0 Å². The third-order valence-electron chi connectivity index (χ3n) is 2.21. The van der Waals surface area contributed by atoms with Crippen LogP contribution in [0.25, 0.3) is 0 Å². The largest absolute Gasteiger partial charge is 0.591 e. The SMILES string of the molecule is CC(C)(C)[S+]([O-])N=Cc1ccc(S(C)(=O)=O)cc1Br. The molecule has 4 nitrogen and oxygen atoms in total. The molecule has 0 heterocycles. The number of nitrogens with zero attached hydrogens (tertiary/aromatic N) is 1. The van der Waals surface area contributed by atoms with Crippen molar-refractivity contribution < 1.29 is 13.0 Å². The van der Waals surface area contributed by atoms with E-state index in [0.29, 0.717) is 10.0 Å². The Morgan fingerprint density at radius 3 is 2.37 bits per heavy atom. The van der Waals surface area contributed by atoms with Gasteiger partial charge in [-0.3, -0.25) is 0 Å². The van der Waals surface area contributed by atoms with Gasteiger partial charge in [0.25, 0.3) is 0 Å². The summed E-state index contributed by atoms with van der Waals surface area (Å²) in [6.45, 7) is 5.51. The fourth-order valence-electron chi connectivity index (χ4n) is 1.11. The monoisotopic (exact) mass is 365 g/mol. The Balaban J connectivity index is 3.03. The van der Waals surface area contributed by atoms with Crippen LogP contribution in [0.4, 0.5) is 0 Å². The maximum absolute atomic E-state index is 11.8. The fraction of sp³-hybridized carbons (Fsp3) is 0.417. The van der Waals surface area contributed by atoms with Gasteiger partial charge < -0.3 is 4.55 Å². The van der Waals surface area contributed by atoms with Gasteiger partial charge in [-0.25, -0.2) is 8.42 Å². The fourth-order valence-corrected chi connectivity index (χ4v) is 2.91. The molecular formula is C12H16BrNO3S2. The number of rotatable bonds is 3. The van der Waals surface area contributed by atoms with Crippen LogP contribution in [0.15, 0.2) is 32.0 Å². The molecule has 1 unspecified atom stereocenters. The van der Waals surface area contributed by atoms with Crippen molar-refractivity contribution in [2.75, 3.05) is 6.26 Å². The molecule has 106 valence electrons. The lowest BCUT2D eigenvalue weighted by molar-refractivity contribution is 0.562. The van der Waals surface area contributed by atoms with Gasteiger partial charge >= 0.3 is 0 Å². The van der Waals surface area contributed by atoms with Crippen LogP contribution in [0.1, 0.15) is 26.3 Å². The molecule has 0 saturated carbocycles. The summed E-state index contributed by atoms with van der Waals surface area (Å²) in [5.41, 5.74) is 0.685. The second kappa shape index (κ2) is 5.95. The molecule has 0 N–H and O–H groups in total. The van der Waals surface area contributed by atoms with Crippen LogP contribution >= 0.6 is 15.9 Å². The van der Waals surface area contributed by atoms with Crippen molar-refractivity contribution in [2.24, 2.45) is 4.40 Å². The number of halogens is 1. The first-order valence-corrected chi connectivity index (χ1v) is 9.26. The van der Waals surface area contributed by atoms with Crippen LogP contribution in [0, 0.1) is 0 Å². The predicted octanol–water partition coefficient (Wildman–Crippen LogP) is 2.73. The minimum atomic E-state index is -3.23. The molecule has 0 bridgehead atoms. The van der Waals surface area contributed by atoms with Crippen molar-refractivity contribution >= 4 is 43.3 Å². The summed E-state index contributed by atoms with van der Waals surface area (Å²) < 4.78 is 38.7. The molecule has 1 atom stereocenters. The van der Waals surface area contributed by atoms with Gasteiger partial charge in [-0.05, 0) is 32.9 Å². The summed E-state index contributed by atoms with van der Waals surface area (Å²) >= 11 is 1.95. The van der Waals surface area contributed by atoms with Gasteiger partial charge in [-0.1, -0.05) is 26.4 Å². The molecule has 0 aliphatic heterocycles. The second-order valence-electron chi connectivity index (χ2n) is 5.05. The van der Waals surface area contributed by atoms with E-state index < -0.39 is 25.9 Å². The topological polar surface area (TPSA) is 69.6 Å². The third kappa shape index (κ3) is 4.91. The van der Waals surface area contributed by atoms with E-state index in [-0.39, 0.29) is 4.90 Å². The molecule has 0 amide bonds. The zero-order chi connectivity index (χ0) is 14.8. The maximum atomic E-state index is 11.8. The molecule has 0 aliphatic carbocycles. The first kappa shape index (κ1) is 16.7. The van der Waals surface area contributed by atoms with E-state index in [0.717, 1.165) is 6.26 Å². The molecule has 0 fully saturated rings. The molecule has 0 aromatic heterocycles. The smallest absolute Gasteiger partial charge is 0.175 e. The van der Waals surface area contributed by atoms with E-state index in [1.807, 2.05) is 20.8 Å². The van der Waals surface area contributed by atoms with E-state index >= 15 is 0 Å². The highest BCUT2D eigenvalue weighted by molar-refractivity contribution is 9.10. The highest BCUT2D eigenvalue weighted by Gasteiger charge is 2.25. The van der Waals surface area contributed by atoms with Crippen LogP contribution in [-0.4, -0.2) is 30.2 Å². The highest BCUT2D eigenvalue weighted by atomic mass is 79.9. The van der Waals surface area contributed by atoms with Crippen LogP contribution in [0.2, 0.25) is 0 Å². The van der Waals surface area contributed by atoms with Gasteiger partial charge in [0.1, 0.15) is 16.1 Å². The molecule has 7 heteroatoms. The Bertz CT molecular complexity index is 591. The van der Waals surface area contributed by atoms with Crippen LogP contribution in [0.5, 0.6) is 0 Å². The number of hydrogen-bond donors (Lipinski definition) is 0. The Kier molecular flexibility index (Phi) is 5.22. The van der Waals surface area contributed by atoms with E-state index in [4.69, 9.17) is 0 Å². The minimum Gasteiger partial charge on any atom is -0.591 e. The van der Waals surface area contributed by atoms with Crippen LogP contribution < -0.4 is 0 Å². The molecule has 0 spiro atoms. The summed E-state index contributed by atoms with van der Waals surface area (Å²) in [5.74, 6) is 0. The number of benzene rings is 1. The molecule has 1 rings (SSSR count). The summed E-state index contributed by atoms with van der Waals surface area (Å²) in [5, 5.41) is 0. The van der Waals surface area contributed by atoms with Gasteiger partial charge in [-0.2, -0.15) is 0 Å². The maximum Gasteiger partial charge on any atom is 0.175 e. The quantitative estimate of drug-likeness (QED) is 0.610. The first-order chi connectivity index (χ1) is 8.51. The summed E-state index contributed by atoms with van der Waals surface area (Å²) in [7, 11) is -3.23. The van der Waals surface area contributed by atoms with Gasteiger partial charge in [0.2, 0.25) is 0 Å². The average Bonchev–Trinajstić information content (AvgIpc) is 2.24. The number of sulfone groups is 1. The van der Waals surface area contributed by atoms with Crippen molar-refractivity contribution in [1.29, 1.82) is 0 Å². The van der Waals surface area contributed by atoms with E-state index in [1.165, 1.54) is 18.3 Å². The molecule has 19 heavy (non-hydrogen) atoms. The van der Waals surface area contributed by atoms with E-state index in [9.17, 15) is 13.0 Å². The zero-order valence-corrected chi connectivity index (χ0v) is 14.4. The Morgan fingerprint density at radius 1 is 1.37 bits per heavy atom. The average molecular weight is 366 g/mol. The Morgan fingerprint density at radius 2 is 1.95 bits per heavy atom. The normalized spacial score (nSPS) is 14.8. The standard InChI is InChI=1S/C12H16BrNO3S2/c1-12(2,3)18(15)14-8-9-5-6-10(7-11(9)13)19(4,16)17/h5-8H,1-4H3. The van der Waals surface area contributed by atoms with E-state index in [2.05, 4.69) is 20.3 Å². The summed E-state index contributed by atoms with van der Waals surface area (Å²) in [6.07, 6.45) is 2.63. The Hall–Kier alpha value is -0.370. The third-order valence-corrected chi connectivity index (χ3v) is 5.35. The molecular weight excluding hydrogens is 350 g/mol. The predicted molar refractivity (Wildman–Crippen MR) is 82.7 cm³/mol. The zero-order valence-electron chi connectivity index (χ0n) is 11.2. The molecule has 1 aromatic rings. The summed E-state index contributed by atoms with van der Waals surface area (Å²) in [4.78, 5) is 0.230.